The van der Waals surface area contributed by atoms with Crippen molar-refractivity contribution < 1.29 is 0 Å². The quantitative estimate of drug-likeness (QED) is 0.847. The second-order valence-corrected chi connectivity index (χ2v) is 3.77. The Bertz CT molecular complexity index is 449. The fourth-order valence-corrected chi connectivity index (χ4v) is 1.56. The Morgan fingerprint density at radius 3 is 2.53 bits per heavy atom. The van der Waals surface area contributed by atoms with Crippen molar-refractivity contribution >= 4 is 17.4 Å². The third-order valence-corrected chi connectivity index (χ3v) is 2.57. The van der Waals surface area contributed by atoms with Gasteiger partial charge in [0.15, 0.2) is 0 Å². The number of nitrogen functional groups attached to an aromatic ring is 1. The smallest absolute Gasteiger partial charge is 0.142 e. The molecule has 78 valence electrons. The Morgan fingerprint density at radius 2 is 2.00 bits per heavy atom. The van der Waals surface area contributed by atoms with E-state index in [4.69, 9.17) is 17.3 Å². The van der Waals surface area contributed by atoms with Crippen molar-refractivity contribution in [1.29, 1.82) is 0 Å². The molecule has 1 aromatic carbocycles. The van der Waals surface area contributed by atoms with E-state index < -0.39 is 0 Å². The maximum Gasteiger partial charge on any atom is 0.142 e. The number of rotatable bonds is 2. The molecule has 0 radical (unpaired) electrons. The van der Waals surface area contributed by atoms with E-state index in [0.717, 1.165) is 10.6 Å². The van der Waals surface area contributed by atoms with Gasteiger partial charge in [-0.2, -0.15) is 0 Å². The summed E-state index contributed by atoms with van der Waals surface area (Å²) >= 11 is 5.81. The summed E-state index contributed by atoms with van der Waals surface area (Å²) in [6.45, 7) is 2.01. The van der Waals surface area contributed by atoms with E-state index in [1.807, 2.05) is 31.2 Å². The van der Waals surface area contributed by atoms with Crippen LogP contribution in [0.2, 0.25) is 5.02 Å². The highest BCUT2D eigenvalue weighted by atomic mass is 35.5. The summed E-state index contributed by atoms with van der Waals surface area (Å²) in [5.41, 5.74) is 6.81. The van der Waals surface area contributed by atoms with Gasteiger partial charge in [-0.3, -0.25) is 0 Å². The molecule has 2 rings (SSSR count). The fourth-order valence-electron chi connectivity index (χ4n) is 1.43. The largest absolute Gasteiger partial charge is 0.383 e. The predicted molar refractivity (Wildman–Crippen MR) is 59.7 cm³/mol. The minimum absolute atomic E-state index is 0.0600. The minimum Gasteiger partial charge on any atom is -0.383 e. The van der Waals surface area contributed by atoms with Gasteiger partial charge >= 0.3 is 0 Å². The molecule has 0 aliphatic carbocycles. The standard InChI is InChI=1S/C10H11ClN4/c1-7(15-10(12)6-13-14-15)8-2-4-9(11)5-3-8/h2-7H,12H2,1H3/t7-/m0/s1. The number of aromatic nitrogens is 3. The second kappa shape index (κ2) is 3.90. The van der Waals surface area contributed by atoms with Crippen LogP contribution in [-0.2, 0) is 0 Å². The number of nitrogens with zero attached hydrogens (tertiary/aromatic N) is 3. The van der Waals surface area contributed by atoms with E-state index >= 15 is 0 Å². The van der Waals surface area contributed by atoms with Gasteiger partial charge in [0, 0.05) is 5.02 Å². The zero-order chi connectivity index (χ0) is 10.8. The molecule has 0 bridgehead atoms. The van der Waals surface area contributed by atoms with Gasteiger partial charge in [0.1, 0.15) is 5.82 Å². The van der Waals surface area contributed by atoms with Gasteiger partial charge < -0.3 is 5.73 Å². The lowest BCUT2D eigenvalue weighted by Crippen LogP contribution is -2.11. The lowest BCUT2D eigenvalue weighted by molar-refractivity contribution is 0.550. The number of halogens is 1. The van der Waals surface area contributed by atoms with E-state index in [-0.39, 0.29) is 6.04 Å². The molecule has 0 aliphatic heterocycles. The Hall–Kier alpha value is -1.55. The van der Waals surface area contributed by atoms with Crippen molar-refractivity contribution in [3.63, 3.8) is 0 Å². The summed E-state index contributed by atoms with van der Waals surface area (Å²) < 4.78 is 1.67. The van der Waals surface area contributed by atoms with Crippen LogP contribution in [0.4, 0.5) is 5.82 Å². The Kier molecular flexibility index (Phi) is 2.60. The Balaban J connectivity index is 2.32. The van der Waals surface area contributed by atoms with Crippen molar-refractivity contribution in [1.82, 2.24) is 15.0 Å². The molecule has 2 aromatic rings. The third kappa shape index (κ3) is 1.94. The van der Waals surface area contributed by atoms with Crippen molar-refractivity contribution in [2.45, 2.75) is 13.0 Å². The first-order valence-electron chi connectivity index (χ1n) is 4.59. The van der Waals surface area contributed by atoms with E-state index in [9.17, 15) is 0 Å². The SMILES string of the molecule is C[C@@H](c1ccc(Cl)cc1)n1nncc1N. The van der Waals surface area contributed by atoms with Gasteiger partial charge in [-0.1, -0.05) is 28.9 Å². The first-order chi connectivity index (χ1) is 7.18. The minimum atomic E-state index is 0.0600. The molecular weight excluding hydrogens is 212 g/mol. The average Bonchev–Trinajstić information content (AvgIpc) is 2.65. The molecule has 0 unspecified atom stereocenters. The first-order valence-corrected chi connectivity index (χ1v) is 4.97. The summed E-state index contributed by atoms with van der Waals surface area (Å²) in [6.07, 6.45) is 1.53. The zero-order valence-corrected chi connectivity index (χ0v) is 9.02. The van der Waals surface area contributed by atoms with Crippen LogP contribution < -0.4 is 5.73 Å². The molecule has 0 aliphatic rings. The summed E-state index contributed by atoms with van der Waals surface area (Å²) in [7, 11) is 0. The van der Waals surface area contributed by atoms with E-state index in [1.165, 1.54) is 6.20 Å². The molecule has 1 heterocycles. The predicted octanol–water partition coefficient (Wildman–Crippen LogP) is 2.12. The number of anilines is 1. The molecule has 0 amide bonds. The number of hydrogen-bond acceptors (Lipinski definition) is 3. The van der Waals surface area contributed by atoms with Crippen LogP contribution >= 0.6 is 11.6 Å². The highest BCUT2D eigenvalue weighted by Gasteiger charge is 2.10. The summed E-state index contributed by atoms with van der Waals surface area (Å²) in [4.78, 5) is 0. The van der Waals surface area contributed by atoms with Crippen molar-refractivity contribution in [3.05, 3.63) is 41.0 Å². The maximum atomic E-state index is 5.81. The molecule has 2 N–H and O–H groups in total. The molecule has 0 fully saturated rings. The molecule has 1 atom stereocenters. The van der Waals surface area contributed by atoms with Crippen LogP contribution in [0.5, 0.6) is 0 Å². The van der Waals surface area contributed by atoms with E-state index in [0.29, 0.717) is 5.82 Å². The summed E-state index contributed by atoms with van der Waals surface area (Å²) in [5, 5.41) is 8.39. The summed E-state index contributed by atoms with van der Waals surface area (Å²) in [6, 6.07) is 7.66. The van der Waals surface area contributed by atoms with Gasteiger partial charge in [-0.15, -0.1) is 5.10 Å². The first kappa shape index (κ1) is 9.98. The lowest BCUT2D eigenvalue weighted by Gasteiger charge is -2.12. The molecule has 5 heteroatoms. The van der Waals surface area contributed by atoms with Crippen LogP contribution in [0.25, 0.3) is 0 Å². The fraction of sp³-hybridized carbons (Fsp3) is 0.200. The number of nitrogens with two attached hydrogens (primary N) is 1. The van der Waals surface area contributed by atoms with Crippen molar-refractivity contribution in [2.24, 2.45) is 0 Å². The van der Waals surface area contributed by atoms with Crippen LogP contribution in [0.3, 0.4) is 0 Å². The molecule has 4 nitrogen and oxygen atoms in total. The van der Waals surface area contributed by atoms with E-state index in [1.54, 1.807) is 4.68 Å². The van der Waals surface area contributed by atoms with Gasteiger partial charge in [0.05, 0.1) is 12.2 Å². The Labute approximate surface area is 92.7 Å². The van der Waals surface area contributed by atoms with Crippen molar-refractivity contribution in [2.75, 3.05) is 5.73 Å². The van der Waals surface area contributed by atoms with E-state index in [2.05, 4.69) is 10.3 Å². The normalized spacial score (nSPS) is 12.7. The lowest BCUT2D eigenvalue weighted by atomic mass is 10.1. The maximum absolute atomic E-state index is 5.81. The second-order valence-electron chi connectivity index (χ2n) is 3.33. The zero-order valence-electron chi connectivity index (χ0n) is 8.26. The third-order valence-electron chi connectivity index (χ3n) is 2.32. The summed E-state index contributed by atoms with van der Waals surface area (Å²) in [5.74, 6) is 0.553. The van der Waals surface area contributed by atoms with Crippen LogP contribution in [0.1, 0.15) is 18.5 Å². The molecule has 15 heavy (non-hydrogen) atoms. The molecule has 1 aromatic heterocycles. The van der Waals surface area contributed by atoms with Gasteiger partial charge in [-0.25, -0.2) is 4.68 Å². The van der Waals surface area contributed by atoms with Crippen molar-refractivity contribution in [3.8, 4) is 0 Å². The molecular formula is C10H11ClN4. The van der Waals surface area contributed by atoms with Gasteiger partial charge in [-0.05, 0) is 24.6 Å². The highest BCUT2D eigenvalue weighted by molar-refractivity contribution is 6.30. The highest BCUT2D eigenvalue weighted by Crippen LogP contribution is 2.20. The number of hydrogen-bond donors (Lipinski definition) is 1. The van der Waals surface area contributed by atoms with Gasteiger partial charge in [0.25, 0.3) is 0 Å². The van der Waals surface area contributed by atoms with Crippen LogP contribution in [0, 0.1) is 0 Å². The topological polar surface area (TPSA) is 56.7 Å². The van der Waals surface area contributed by atoms with Gasteiger partial charge in [0.2, 0.25) is 0 Å². The molecule has 0 saturated heterocycles. The monoisotopic (exact) mass is 222 g/mol. The van der Waals surface area contributed by atoms with Crippen LogP contribution in [0.15, 0.2) is 30.5 Å². The number of benzene rings is 1. The Morgan fingerprint density at radius 1 is 1.33 bits per heavy atom. The van der Waals surface area contributed by atoms with Crippen LogP contribution in [-0.4, -0.2) is 15.0 Å². The molecule has 0 spiro atoms. The molecule has 0 saturated carbocycles. The average molecular weight is 223 g/mol.